The van der Waals surface area contributed by atoms with Crippen molar-refractivity contribution in [3.8, 4) is 0 Å². The van der Waals surface area contributed by atoms with Crippen LogP contribution in [0.3, 0.4) is 0 Å². The predicted molar refractivity (Wildman–Crippen MR) is 77.4 cm³/mol. The minimum Gasteiger partial charge on any atom is -0.451 e. The summed E-state index contributed by atoms with van der Waals surface area (Å²) < 4.78 is 10.8. The molecule has 1 aliphatic heterocycles. The summed E-state index contributed by atoms with van der Waals surface area (Å²) in [6.07, 6.45) is -0.0823. The average Bonchev–Trinajstić information content (AvgIpc) is 2.94. The number of ether oxygens (including phenoxy) is 1. The third-order valence-corrected chi connectivity index (χ3v) is 3.64. The minimum atomic E-state index is -0.409. The molecule has 1 aromatic carbocycles. The first kappa shape index (κ1) is 13.8. The van der Waals surface area contributed by atoms with Gasteiger partial charge in [0.05, 0.1) is 17.5 Å². The van der Waals surface area contributed by atoms with Gasteiger partial charge in [0, 0.05) is 26.3 Å². The molecule has 2 atom stereocenters. The molecule has 0 bridgehead atoms. The normalized spacial score (nSPS) is 21.6. The molecule has 6 heteroatoms. The number of hydrogen-bond donors (Lipinski definition) is 2. The standard InChI is InChI=1S/C15H16N2O4/c1-20-14-8-16-7-10(14)17-15(19)13-6-11(18)9-4-2-3-5-12(9)21-13/h2-6,10,14,16H,7-8H2,1H3,(H,17,19)/t10?,14-/m0/s1. The zero-order chi connectivity index (χ0) is 14.8. The molecule has 3 rings (SSSR count). The number of nitrogens with one attached hydrogen (secondary N) is 2. The largest absolute Gasteiger partial charge is 0.451 e. The molecule has 0 spiro atoms. The van der Waals surface area contributed by atoms with E-state index >= 15 is 0 Å². The van der Waals surface area contributed by atoms with E-state index in [2.05, 4.69) is 10.6 Å². The van der Waals surface area contributed by atoms with E-state index in [1.54, 1.807) is 31.4 Å². The van der Waals surface area contributed by atoms with Crippen molar-refractivity contribution in [3.63, 3.8) is 0 Å². The average molecular weight is 288 g/mol. The fraction of sp³-hybridized carbons (Fsp3) is 0.333. The highest BCUT2D eigenvalue weighted by Crippen LogP contribution is 2.12. The van der Waals surface area contributed by atoms with Crippen LogP contribution in [-0.4, -0.2) is 38.3 Å². The maximum absolute atomic E-state index is 12.2. The van der Waals surface area contributed by atoms with Crippen molar-refractivity contribution in [1.82, 2.24) is 10.6 Å². The van der Waals surface area contributed by atoms with E-state index in [9.17, 15) is 9.59 Å². The van der Waals surface area contributed by atoms with Gasteiger partial charge in [-0.1, -0.05) is 12.1 Å². The number of rotatable bonds is 3. The molecule has 0 aliphatic carbocycles. The molecule has 2 N–H and O–H groups in total. The van der Waals surface area contributed by atoms with Gasteiger partial charge in [-0.3, -0.25) is 9.59 Å². The molecule has 1 amide bonds. The zero-order valence-electron chi connectivity index (χ0n) is 11.6. The lowest BCUT2D eigenvalue weighted by molar-refractivity contribution is 0.0760. The molecule has 21 heavy (non-hydrogen) atoms. The molecule has 0 radical (unpaired) electrons. The van der Waals surface area contributed by atoms with Gasteiger partial charge in [-0.15, -0.1) is 0 Å². The Morgan fingerprint density at radius 3 is 3.00 bits per heavy atom. The van der Waals surface area contributed by atoms with Crippen molar-refractivity contribution in [1.29, 1.82) is 0 Å². The van der Waals surface area contributed by atoms with Crippen LogP contribution >= 0.6 is 0 Å². The Kier molecular flexibility index (Phi) is 3.72. The highest BCUT2D eigenvalue weighted by atomic mass is 16.5. The van der Waals surface area contributed by atoms with Gasteiger partial charge in [-0.2, -0.15) is 0 Å². The summed E-state index contributed by atoms with van der Waals surface area (Å²) in [7, 11) is 1.60. The Balaban J connectivity index is 1.86. The lowest BCUT2D eigenvalue weighted by Crippen LogP contribution is -2.43. The van der Waals surface area contributed by atoms with Crippen molar-refractivity contribution in [2.24, 2.45) is 0 Å². The Labute approximate surface area is 121 Å². The van der Waals surface area contributed by atoms with Gasteiger partial charge in [0.2, 0.25) is 0 Å². The fourth-order valence-electron chi connectivity index (χ4n) is 2.50. The molecule has 1 unspecified atom stereocenters. The summed E-state index contributed by atoms with van der Waals surface area (Å²) in [4.78, 5) is 24.2. The molecule has 1 aromatic heterocycles. The maximum atomic E-state index is 12.2. The molecule has 1 aliphatic rings. The summed E-state index contributed by atoms with van der Waals surface area (Å²) >= 11 is 0. The number of amides is 1. The van der Waals surface area contributed by atoms with E-state index < -0.39 is 5.91 Å². The third kappa shape index (κ3) is 2.68. The lowest BCUT2D eigenvalue weighted by Gasteiger charge is -2.18. The van der Waals surface area contributed by atoms with Crippen molar-refractivity contribution in [3.05, 3.63) is 46.3 Å². The smallest absolute Gasteiger partial charge is 0.287 e. The molecule has 110 valence electrons. The van der Waals surface area contributed by atoms with Crippen molar-refractivity contribution in [2.45, 2.75) is 12.1 Å². The molecular weight excluding hydrogens is 272 g/mol. The monoisotopic (exact) mass is 288 g/mol. The molecule has 6 nitrogen and oxygen atoms in total. The summed E-state index contributed by atoms with van der Waals surface area (Å²) in [6, 6.07) is 7.94. The summed E-state index contributed by atoms with van der Waals surface area (Å²) in [5.74, 6) is -0.394. The highest BCUT2D eigenvalue weighted by Gasteiger charge is 2.29. The Bertz CT molecular complexity index is 725. The lowest BCUT2D eigenvalue weighted by atomic mass is 10.2. The Hall–Kier alpha value is -2.18. The van der Waals surface area contributed by atoms with E-state index in [1.807, 2.05) is 0 Å². The number of para-hydroxylation sites is 1. The molecule has 2 heterocycles. The number of carbonyl (C=O) groups excluding carboxylic acids is 1. The SMILES string of the molecule is CO[C@H]1CNCC1NC(=O)c1cc(=O)c2ccccc2o1. The van der Waals surface area contributed by atoms with Crippen LogP contribution in [0.25, 0.3) is 11.0 Å². The Morgan fingerprint density at radius 1 is 1.38 bits per heavy atom. The van der Waals surface area contributed by atoms with E-state index in [0.29, 0.717) is 24.1 Å². The van der Waals surface area contributed by atoms with Crippen molar-refractivity contribution >= 4 is 16.9 Å². The van der Waals surface area contributed by atoms with Crippen LogP contribution in [0, 0.1) is 0 Å². The second-order valence-electron chi connectivity index (χ2n) is 4.98. The van der Waals surface area contributed by atoms with Gasteiger partial charge in [0.15, 0.2) is 11.2 Å². The van der Waals surface area contributed by atoms with E-state index in [1.165, 1.54) is 6.07 Å². The number of fused-ring (bicyclic) bond motifs is 1. The van der Waals surface area contributed by atoms with Crippen LogP contribution in [0.4, 0.5) is 0 Å². The molecule has 0 saturated carbocycles. The van der Waals surface area contributed by atoms with E-state index in [4.69, 9.17) is 9.15 Å². The van der Waals surface area contributed by atoms with E-state index in [0.717, 1.165) is 0 Å². The van der Waals surface area contributed by atoms with Crippen LogP contribution in [0.15, 0.2) is 39.5 Å². The first-order chi connectivity index (χ1) is 10.2. The number of hydrogen-bond acceptors (Lipinski definition) is 5. The van der Waals surface area contributed by atoms with E-state index in [-0.39, 0.29) is 23.3 Å². The highest BCUT2D eigenvalue weighted by molar-refractivity contribution is 5.93. The van der Waals surface area contributed by atoms with Gasteiger partial charge in [-0.25, -0.2) is 0 Å². The quantitative estimate of drug-likeness (QED) is 0.860. The molecule has 1 saturated heterocycles. The summed E-state index contributed by atoms with van der Waals surface area (Å²) in [5, 5.41) is 6.43. The third-order valence-electron chi connectivity index (χ3n) is 3.64. The first-order valence-corrected chi connectivity index (χ1v) is 6.76. The van der Waals surface area contributed by atoms with Gasteiger partial charge in [-0.05, 0) is 12.1 Å². The Morgan fingerprint density at radius 2 is 2.19 bits per heavy atom. The molecular formula is C15H16N2O4. The van der Waals surface area contributed by atoms with Crippen LogP contribution < -0.4 is 16.1 Å². The van der Waals surface area contributed by atoms with Gasteiger partial charge in [0.1, 0.15) is 5.58 Å². The second-order valence-corrected chi connectivity index (χ2v) is 4.98. The molecule has 2 aromatic rings. The van der Waals surface area contributed by atoms with Crippen LogP contribution in [-0.2, 0) is 4.74 Å². The summed E-state index contributed by atoms with van der Waals surface area (Å²) in [6.45, 7) is 1.31. The number of carbonyl (C=O) groups is 1. The minimum absolute atomic E-state index is 0.0143. The number of benzene rings is 1. The van der Waals surface area contributed by atoms with Gasteiger partial charge >= 0.3 is 0 Å². The fourth-order valence-corrected chi connectivity index (χ4v) is 2.50. The first-order valence-electron chi connectivity index (χ1n) is 6.76. The van der Waals surface area contributed by atoms with Gasteiger partial charge < -0.3 is 19.8 Å². The second kappa shape index (κ2) is 5.67. The topological polar surface area (TPSA) is 80.6 Å². The summed E-state index contributed by atoms with van der Waals surface area (Å²) in [5.41, 5.74) is 0.179. The van der Waals surface area contributed by atoms with Crippen molar-refractivity contribution in [2.75, 3.05) is 20.2 Å². The van der Waals surface area contributed by atoms with Crippen LogP contribution in [0.1, 0.15) is 10.6 Å². The van der Waals surface area contributed by atoms with Gasteiger partial charge in [0.25, 0.3) is 5.91 Å². The van der Waals surface area contributed by atoms with Crippen LogP contribution in [0.2, 0.25) is 0 Å². The predicted octanol–water partition coefficient (Wildman–Crippen LogP) is 0.510. The van der Waals surface area contributed by atoms with Crippen molar-refractivity contribution < 1.29 is 13.9 Å². The van der Waals surface area contributed by atoms with Crippen LogP contribution in [0.5, 0.6) is 0 Å². The zero-order valence-corrected chi connectivity index (χ0v) is 11.6. The molecule has 1 fully saturated rings. The maximum Gasteiger partial charge on any atom is 0.287 e. The number of methoxy groups -OCH3 is 1.